The van der Waals surface area contributed by atoms with E-state index in [1.807, 2.05) is 24.3 Å². The predicted octanol–water partition coefficient (Wildman–Crippen LogP) is 0.822. The predicted molar refractivity (Wildman–Crippen MR) is 75.2 cm³/mol. The van der Waals surface area contributed by atoms with Crippen molar-refractivity contribution in [3.05, 3.63) is 30.0 Å². The van der Waals surface area contributed by atoms with E-state index in [4.69, 9.17) is 0 Å². The fourth-order valence-electron chi connectivity index (χ4n) is 2.54. The Morgan fingerprint density at radius 1 is 1.40 bits per heavy atom. The number of hydrogen-bond acceptors (Lipinski definition) is 4. The van der Waals surface area contributed by atoms with Gasteiger partial charge in [0.05, 0.1) is 17.0 Å². The monoisotopic (exact) mass is 293 g/mol. The minimum absolute atomic E-state index is 0.0393. The first-order valence-electron chi connectivity index (χ1n) is 6.38. The Balaban J connectivity index is 1.89. The van der Waals surface area contributed by atoms with Gasteiger partial charge in [0.15, 0.2) is 15.5 Å². The van der Waals surface area contributed by atoms with Crippen LogP contribution in [0.4, 0.5) is 0 Å². The number of para-hydroxylation sites is 1. The Morgan fingerprint density at radius 2 is 2.15 bits per heavy atom. The second kappa shape index (κ2) is 4.59. The van der Waals surface area contributed by atoms with Crippen LogP contribution in [0.15, 0.2) is 24.3 Å². The molecule has 7 heteroatoms. The highest BCUT2D eigenvalue weighted by atomic mass is 32.2. The van der Waals surface area contributed by atoms with Gasteiger partial charge in [0.2, 0.25) is 0 Å². The molecule has 106 valence electrons. The molecule has 1 saturated heterocycles. The van der Waals surface area contributed by atoms with E-state index in [1.165, 1.54) is 4.90 Å². The van der Waals surface area contributed by atoms with Crippen LogP contribution in [0, 0.1) is 0 Å². The number of hydrogen-bond donors (Lipinski definition) is 1. The fraction of sp³-hybridized carbons (Fsp3) is 0.385. The maximum absolute atomic E-state index is 12.5. The Bertz CT molecular complexity index is 766. The summed E-state index contributed by atoms with van der Waals surface area (Å²) in [5.74, 6) is -0.0571. The summed E-state index contributed by atoms with van der Waals surface area (Å²) in [7, 11) is -1.37. The van der Waals surface area contributed by atoms with Gasteiger partial charge in [-0.05, 0) is 12.5 Å². The smallest absolute Gasteiger partial charge is 0.275 e. The van der Waals surface area contributed by atoms with Crippen LogP contribution in [0.1, 0.15) is 16.9 Å². The molecule has 3 rings (SSSR count). The number of carbonyl (C=O) groups is 1. The van der Waals surface area contributed by atoms with Crippen LogP contribution in [0.25, 0.3) is 10.9 Å². The molecule has 6 nitrogen and oxygen atoms in total. The second-order valence-corrected chi connectivity index (χ2v) is 7.32. The van der Waals surface area contributed by atoms with E-state index in [9.17, 15) is 13.2 Å². The van der Waals surface area contributed by atoms with Crippen molar-refractivity contribution in [1.82, 2.24) is 15.1 Å². The SMILES string of the molecule is CN(C(=O)c1n[nH]c2ccccc12)[C@@H]1CCS(=O)(=O)C1. The van der Waals surface area contributed by atoms with E-state index in [1.54, 1.807) is 7.05 Å². The molecule has 20 heavy (non-hydrogen) atoms. The minimum Gasteiger partial charge on any atom is -0.336 e. The van der Waals surface area contributed by atoms with Crippen molar-refractivity contribution >= 4 is 26.6 Å². The lowest BCUT2D eigenvalue weighted by molar-refractivity contribution is 0.0743. The molecule has 0 bridgehead atoms. The number of H-pyrrole nitrogens is 1. The van der Waals surface area contributed by atoms with E-state index >= 15 is 0 Å². The lowest BCUT2D eigenvalue weighted by Crippen LogP contribution is -2.38. The Labute approximate surface area is 116 Å². The maximum atomic E-state index is 12.5. The highest BCUT2D eigenvalue weighted by molar-refractivity contribution is 7.91. The average molecular weight is 293 g/mol. The number of fused-ring (bicyclic) bond motifs is 1. The van der Waals surface area contributed by atoms with Crippen LogP contribution in [0.3, 0.4) is 0 Å². The molecule has 0 aliphatic carbocycles. The molecule has 0 spiro atoms. The first-order chi connectivity index (χ1) is 9.48. The van der Waals surface area contributed by atoms with Crippen LogP contribution in [-0.2, 0) is 9.84 Å². The molecule has 0 radical (unpaired) electrons. The molecule has 1 amide bonds. The summed E-state index contributed by atoms with van der Waals surface area (Å²) in [6, 6.07) is 7.11. The van der Waals surface area contributed by atoms with E-state index in [0.29, 0.717) is 12.1 Å². The summed E-state index contributed by atoms with van der Waals surface area (Å²) in [5.41, 5.74) is 1.13. The van der Waals surface area contributed by atoms with Crippen LogP contribution >= 0.6 is 0 Å². The third-order valence-electron chi connectivity index (χ3n) is 3.75. The number of amides is 1. The van der Waals surface area contributed by atoms with Crippen molar-refractivity contribution in [3.8, 4) is 0 Å². The fourth-order valence-corrected chi connectivity index (χ4v) is 4.31. The Morgan fingerprint density at radius 3 is 2.85 bits per heavy atom. The highest BCUT2D eigenvalue weighted by Gasteiger charge is 2.34. The Hall–Kier alpha value is -1.89. The van der Waals surface area contributed by atoms with Gasteiger partial charge >= 0.3 is 0 Å². The summed E-state index contributed by atoms with van der Waals surface area (Å²) in [6.45, 7) is 0. The third kappa shape index (κ3) is 2.18. The summed E-state index contributed by atoms with van der Waals surface area (Å²) in [5, 5.41) is 7.63. The molecule has 2 aromatic rings. The summed E-state index contributed by atoms with van der Waals surface area (Å²) >= 11 is 0. The lowest BCUT2D eigenvalue weighted by atomic mass is 10.1. The summed E-state index contributed by atoms with van der Waals surface area (Å²) in [6.07, 6.45) is 0.493. The van der Waals surface area contributed by atoms with E-state index in [0.717, 1.165) is 10.9 Å². The zero-order valence-electron chi connectivity index (χ0n) is 11.0. The van der Waals surface area contributed by atoms with Gasteiger partial charge in [0, 0.05) is 18.5 Å². The summed E-state index contributed by atoms with van der Waals surface area (Å²) < 4.78 is 23.0. The van der Waals surface area contributed by atoms with Crippen molar-refractivity contribution in [2.45, 2.75) is 12.5 Å². The minimum atomic E-state index is -3.01. The second-order valence-electron chi connectivity index (χ2n) is 5.09. The molecule has 1 N–H and O–H groups in total. The van der Waals surface area contributed by atoms with Crippen molar-refractivity contribution in [1.29, 1.82) is 0 Å². The molecule has 1 atom stereocenters. The lowest BCUT2D eigenvalue weighted by Gasteiger charge is -2.22. The molecule has 1 aliphatic rings. The molecule has 1 aromatic heterocycles. The number of sulfone groups is 1. The van der Waals surface area contributed by atoms with E-state index < -0.39 is 9.84 Å². The number of aromatic amines is 1. The zero-order valence-corrected chi connectivity index (χ0v) is 11.9. The van der Waals surface area contributed by atoms with Gasteiger partial charge in [-0.1, -0.05) is 18.2 Å². The third-order valence-corrected chi connectivity index (χ3v) is 5.50. The number of aromatic nitrogens is 2. The van der Waals surface area contributed by atoms with Gasteiger partial charge < -0.3 is 4.90 Å². The highest BCUT2D eigenvalue weighted by Crippen LogP contribution is 2.21. The van der Waals surface area contributed by atoms with E-state index in [2.05, 4.69) is 10.2 Å². The van der Waals surface area contributed by atoms with Gasteiger partial charge in [0.25, 0.3) is 5.91 Å². The maximum Gasteiger partial charge on any atom is 0.275 e. The largest absolute Gasteiger partial charge is 0.336 e. The van der Waals surface area contributed by atoms with Crippen molar-refractivity contribution in [3.63, 3.8) is 0 Å². The standard InChI is InChI=1S/C13H15N3O3S/c1-16(9-6-7-20(18,19)8-9)13(17)12-10-4-2-3-5-11(10)14-15-12/h2-5,9H,6-8H2,1H3,(H,14,15)/t9-/m1/s1. The summed E-state index contributed by atoms with van der Waals surface area (Å²) in [4.78, 5) is 14.0. The first-order valence-corrected chi connectivity index (χ1v) is 8.21. The molecule has 1 aliphatic heterocycles. The van der Waals surface area contributed by atoms with Crippen molar-refractivity contribution in [2.75, 3.05) is 18.6 Å². The van der Waals surface area contributed by atoms with Gasteiger partial charge in [-0.2, -0.15) is 5.10 Å². The van der Waals surface area contributed by atoms with Crippen LogP contribution < -0.4 is 0 Å². The molecule has 0 saturated carbocycles. The van der Waals surface area contributed by atoms with Crippen LogP contribution in [0.5, 0.6) is 0 Å². The average Bonchev–Trinajstić information content (AvgIpc) is 3.00. The number of carbonyl (C=O) groups excluding carboxylic acids is 1. The number of benzene rings is 1. The molecular weight excluding hydrogens is 278 g/mol. The number of nitrogens with one attached hydrogen (secondary N) is 1. The number of rotatable bonds is 2. The molecule has 0 unspecified atom stereocenters. The van der Waals surface area contributed by atoms with Crippen molar-refractivity contribution in [2.24, 2.45) is 0 Å². The van der Waals surface area contributed by atoms with Crippen molar-refractivity contribution < 1.29 is 13.2 Å². The molecule has 1 fully saturated rings. The van der Waals surface area contributed by atoms with Gasteiger partial charge in [-0.25, -0.2) is 8.42 Å². The van der Waals surface area contributed by atoms with Crippen LogP contribution in [-0.4, -0.2) is 54.0 Å². The molecule has 2 heterocycles. The normalized spacial score (nSPS) is 21.1. The molecular formula is C13H15N3O3S. The first kappa shape index (κ1) is 13.1. The topological polar surface area (TPSA) is 83.1 Å². The van der Waals surface area contributed by atoms with E-state index in [-0.39, 0.29) is 23.5 Å². The quantitative estimate of drug-likeness (QED) is 0.888. The van der Waals surface area contributed by atoms with Gasteiger partial charge in [-0.3, -0.25) is 9.89 Å². The number of nitrogens with zero attached hydrogens (tertiary/aromatic N) is 2. The molecule has 1 aromatic carbocycles. The zero-order chi connectivity index (χ0) is 14.3. The Kier molecular flexibility index (Phi) is 3.01. The van der Waals surface area contributed by atoms with Gasteiger partial charge in [-0.15, -0.1) is 0 Å². The van der Waals surface area contributed by atoms with Gasteiger partial charge in [0.1, 0.15) is 0 Å². The van der Waals surface area contributed by atoms with Crippen LogP contribution in [0.2, 0.25) is 0 Å².